The van der Waals surface area contributed by atoms with Crippen LogP contribution in [0.5, 0.6) is 0 Å². The molecular weight excluding hydrogens is 264 g/mol. The van der Waals surface area contributed by atoms with Crippen LogP contribution in [-0.4, -0.2) is 33.3 Å². The summed E-state index contributed by atoms with van der Waals surface area (Å²) in [6.07, 6.45) is -0.225. The van der Waals surface area contributed by atoms with E-state index >= 15 is 0 Å². The van der Waals surface area contributed by atoms with E-state index in [9.17, 15) is 19.5 Å². The summed E-state index contributed by atoms with van der Waals surface area (Å²) in [5.74, 6) is -0.562. The molecule has 0 bridgehead atoms. The molecule has 1 heterocycles. The first-order chi connectivity index (χ1) is 8.43. The Hall–Kier alpha value is -1.60. The number of hydrogen-bond acceptors (Lipinski definition) is 5. The monoisotopic (exact) mass is 276 g/mol. The molecule has 0 fully saturated rings. The fourth-order valence-corrected chi connectivity index (χ4v) is 1.49. The van der Waals surface area contributed by atoms with Crippen LogP contribution < -0.4 is 11.2 Å². The van der Waals surface area contributed by atoms with E-state index in [1.807, 2.05) is 4.98 Å². The van der Waals surface area contributed by atoms with Crippen molar-refractivity contribution < 1.29 is 14.6 Å². The largest absolute Gasteiger partial charge is 0.466 e. The average Bonchev–Trinajstić information content (AvgIpc) is 2.26. The van der Waals surface area contributed by atoms with Gasteiger partial charge in [-0.25, -0.2) is 4.79 Å². The molecule has 0 aliphatic rings. The van der Waals surface area contributed by atoms with Gasteiger partial charge in [0.25, 0.3) is 5.56 Å². The third-order valence-corrected chi connectivity index (χ3v) is 2.35. The van der Waals surface area contributed by atoms with Gasteiger partial charge in [-0.1, -0.05) is 11.6 Å². The summed E-state index contributed by atoms with van der Waals surface area (Å²) in [5.41, 5.74) is -1.40. The summed E-state index contributed by atoms with van der Waals surface area (Å²) in [6, 6.07) is 0. The van der Waals surface area contributed by atoms with Crippen molar-refractivity contribution in [2.75, 3.05) is 6.61 Å². The van der Waals surface area contributed by atoms with Gasteiger partial charge in [0.05, 0.1) is 25.7 Å². The number of rotatable bonds is 5. The first-order valence-electron chi connectivity index (χ1n) is 5.27. The Labute approximate surface area is 107 Å². The van der Waals surface area contributed by atoms with Gasteiger partial charge in [0.15, 0.2) is 0 Å². The minimum atomic E-state index is -1.09. The number of aromatic amines is 1. The van der Waals surface area contributed by atoms with Crippen LogP contribution in [0.4, 0.5) is 0 Å². The Kier molecular flexibility index (Phi) is 5.11. The van der Waals surface area contributed by atoms with E-state index in [0.29, 0.717) is 0 Å². The number of carbonyl (C=O) groups is 1. The van der Waals surface area contributed by atoms with Crippen LogP contribution in [0.25, 0.3) is 0 Å². The number of aliphatic hydroxyl groups excluding tert-OH is 1. The number of halogens is 1. The van der Waals surface area contributed by atoms with Crippen molar-refractivity contribution in [2.24, 2.45) is 0 Å². The predicted octanol–water partition coefficient (Wildman–Crippen LogP) is -0.496. The molecule has 2 N–H and O–H groups in total. The third kappa shape index (κ3) is 4.01. The van der Waals surface area contributed by atoms with Crippen molar-refractivity contribution >= 4 is 17.6 Å². The van der Waals surface area contributed by atoms with Crippen LogP contribution in [0, 0.1) is 0 Å². The Morgan fingerprint density at radius 1 is 1.61 bits per heavy atom. The van der Waals surface area contributed by atoms with Gasteiger partial charge in [0.2, 0.25) is 0 Å². The van der Waals surface area contributed by atoms with Gasteiger partial charge in [0, 0.05) is 6.20 Å². The minimum absolute atomic E-state index is 0.159. The molecule has 7 nitrogen and oxygen atoms in total. The molecule has 0 amide bonds. The van der Waals surface area contributed by atoms with E-state index in [1.165, 1.54) is 0 Å². The summed E-state index contributed by atoms with van der Waals surface area (Å²) in [4.78, 5) is 35.4. The maximum Gasteiger partial charge on any atom is 0.328 e. The maximum atomic E-state index is 11.4. The molecule has 100 valence electrons. The highest BCUT2D eigenvalue weighted by atomic mass is 35.5. The molecule has 0 saturated carbocycles. The molecular formula is C10H13ClN2O5. The molecule has 0 aliphatic carbocycles. The van der Waals surface area contributed by atoms with Gasteiger partial charge >= 0.3 is 11.7 Å². The number of nitrogens with zero attached hydrogens (tertiary/aromatic N) is 1. The number of aromatic nitrogens is 2. The second-order valence-electron chi connectivity index (χ2n) is 3.55. The molecule has 8 heteroatoms. The molecule has 0 spiro atoms. The lowest BCUT2D eigenvalue weighted by Gasteiger charge is -2.11. The fourth-order valence-electron chi connectivity index (χ4n) is 1.32. The Balaban J connectivity index is 2.73. The molecule has 1 aromatic heterocycles. The van der Waals surface area contributed by atoms with Crippen molar-refractivity contribution in [3.63, 3.8) is 0 Å². The molecule has 0 saturated heterocycles. The standard InChI is InChI=1S/C10H13ClN2O5/c1-2-18-8(15)3-6(14)4-13-5-7(11)9(16)12-10(13)17/h5-6,14H,2-4H2,1H3,(H,12,16,17). The van der Waals surface area contributed by atoms with Crippen molar-refractivity contribution in [2.45, 2.75) is 26.0 Å². The first kappa shape index (κ1) is 14.5. The second-order valence-corrected chi connectivity index (χ2v) is 3.96. The average molecular weight is 277 g/mol. The SMILES string of the molecule is CCOC(=O)CC(O)Cn1cc(Cl)c(=O)[nH]c1=O. The van der Waals surface area contributed by atoms with Gasteiger partial charge < -0.3 is 9.84 Å². The Morgan fingerprint density at radius 3 is 2.89 bits per heavy atom. The van der Waals surface area contributed by atoms with Crippen LogP contribution >= 0.6 is 11.6 Å². The predicted molar refractivity (Wildman–Crippen MR) is 63.6 cm³/mol. The summed E-state index contributed by atoms with van der Waals surface area (Å²) < 4.78 is 5.67. The van der Waals surface area contributed by atoms with Crippen molar-refractivity contribution in [1.29, 1.82) is 0 Å². The van der Waals surface area contributed by atoms with Gasteiger partial charge in [-0.15, -0.1) is 0 Å². The van der Waals surface area contributed by atoms with Gasteiger partial charge in [-0.3, -0.25) is 19.1 Å². The van der Waals surface area contributed by atoms with Crippen LogP contribution in [0.2, 0.25) is 5.02 Å². The highest BCUT2D eigenvalue weighted by Gasteiger charge is 2.13. The van der Waals surface area contributed by atoms with Crippen LogP contribution in [0.1, 0.15) is 13.3 Å². The molecule has 1 rings (SSSR count). The van der Waals surface area contributed by atoms with Gasteiger partial charge in [-0.05, 0) is 6.92 Å². The molecule has 0 aromatic carbocycles. The topological polar surface area (TPSA) is 101 Å². The third-order valence-electron chi connectivity index (χ3n) is 2.08. The van der Waals surface area contributed by atoms with Crippen molar-refractivity contribution in [1.82, 2.24) is 9.55 Å². The first-order valence-corrected chi connectivity index (χ1v) is 5.64. The molecule has 0 aliphatic heterocycles. The zero-order valence-electron chi connectivity index (χ0n) is 9.68. The lowest BCUT2D eigenvalue weighted by atomic mass is 10.2. The van der Waals surface area contributed by atoms with E-state index < -0.39 is 23.3 Å². The highest BCUT2D eigenvalue weighted by Crippen LogP contribution is 2.00. The molecule has 18 heavy (non-hydrogen) atoms. The summed E-state index contributed by atoms with van der Waals surface area (Å²) in [6.45, 7) is 1.71. The van der Waals surface area contributed by atoms with Gasteiger partial charge in [0.1, 0.15) is 5.02 Å². The smallest absolute Gasteiger partial charge is 0.328 e. The van der Waals surface area contributed by atoms with E-state index in [0.717, 1.165) is 10.8 Å². The van der Waals surface area contributed by atoms with E-state index in [4.69, 9.17) is 11.6 Å². The van der Waals surface area contributed by atoms with E-state index in [1.54, 1.807) is 6.92 Å². The number of carbonyl (C=O) groups excluding carboxylic acids is 1. The quantitative estimate of drug-likeness (QED) is 0.706. The number of esters is 1. The van der Waals surface area contributed by atoms with E-state index in [2.05, 4.69) is 4.74 Å². The second kappa shape index (κ2) is 6.36. The lowest BCUT2D eigenvalue weighted by Crippen LogP contribution is -2.33. The van der Waals surface area contributed by atoms with Crippen molar-refractivity contribution in [3.05, 3.63) is 32.1 Å². The summed E-state index contributed by atoms with van der Waals surface area (Å²) >= 11 is 5.55. The molecule has 1 aromatic rings. The van der Waals surface area contributed by atoms with Crippen LogP contribution in [0.3, 0.4) is 0 Å². The normalized spacial score (nSPS) is 12.2. The molecule has 0 radical (unpaired) electrons. The Bertz CT molecular complexity index is 536. The van der Waals surface area contributed by atoms with Gasteiger partial charge in [-0.2, -0.15) is 0 Å². The fraction of sp³-hybridized carbons (Fsp3) is 0.500. The molecule has 1 unspecified atom stereocenters. The zero-order chi connectivity index (χ0) is 13.7. The number of hydrogen-bond donors (Lipinski definition) is 2. The highest BCUT2D eigenvalue weighted by molar-refractivity contribution is 6.30. The van der Waals surface area contributed by atoms with Crippen LogP contribution in [-0.2, 0) is 16.1 Å². The van der Waals surface area contributed by atoms with Crippen LogP contribution in [0.15, 0.2) is 15.8 Å². The summed E-state index contributed by atoms with van der Waals surface area (Å²) in [7, 11) is 0. The number of ether oxygens (including phenoxy) is 1. The summed E-state index contributed by atoms with van der Waals surface area (Å²) in [5, 5.41) is 9.42. The molecule has 1 atom stereocenters. The minimum Gasteiger partial charge on any atom is -0.466 e. The van der Waals surface area contributed by atoms with Crippen molar-refractivity contribution in [3.8, 4) is 0 Å². The lowest BCUT2D eigenvalue weighted by molar-refractivity contribution is -0.145. The Morgan fingerprint density at radius 2 is 2.28 bits per heavy atom. The zero-order valence-corrected chi connectivity index (χ0v) is 10.4. The number of H-pyrrole nitrogens is 1. The number of aliphatic hydroxyl groups is 1. The maximum absolute atomic E-state index is 11.4. The number of nitrogens with one attached hydrogen (secondary N) is 1. The van der Waals surface area contributed by atoms with E-state index in [-0.39, 0.29) is 24.6 Å².